The van der Waals surface area contributed by atoms with Crippen LogP contribution >= 0.6 is 12.2 Å². The first-order valence-electron chi connectivity index (χ1n) is 9.31. The summed E-state index contributed by atoms with van der Waals surface area (Å²) in [4.78, 5) is 1.30. The number of rotatable bonds is 7. The molecule has 4 rings (SSSR count). The average Bonchev–Trinajstić information content (AvgIpc) is 3.34. The Hall–Kier alpha value is -2.96. The summed E-state index contributed by atoms with van der Waals surface area (Å²) in [5.41, 5.74) is 2.47. The summed E-state index contributed by atoms with van der Waals surface area (Å²) in [5, 5.41) is 4.79. The largest absolute Gasteiger partial charge is 0.461 e. The lowest BCUT2D eigenvalue weighted by molar-refractivity contribution is -0.917. The van der Waals surface area contributed by atoms with Crippen molar-refractivity contribution in [1.82, 2.24) is 14.3 Å². The quantitative estimate of drug-likeness (QED) is 0.491. The Morgan fingerprint density at radius 2 is 1.61 bits per heavy atom. The Kier molecular flexibility index (Phi) is 5.50. The van der Waals surface area contributed by atoms with Gasteiger partial charge in [0, 0.05) is 5.56 Å². The van der Waals surface area contributed by atoms with E-state index in [9.17, 15) is 0 Å². The van der Waals surface area contributed by atoms with Gasteiger partial charge >= 0.3 is 0 Å². The maximum Gasteiger partial charge on any atom is 0.203 e. The van der Waals surface area contributed by atoms with Gasteiger partial charge in [0.1, 0.15) is 6.54 Å². The van der Waals surface area contributed by atoms with Gasteiger partial charge in [0.05, 0.1) is 19.9 Å². The predicted octanol–water partition coefficient (Wildman–Crippen LogP) is 3.39. The number of benzene rings is 2. The SMILES string of the molecule is C[NH+](Cc1ccccc1)Cn1nc(-c2ccco2)n(Cc2ccccc2)c1=S. The molecule has 0 saturated heterocycles. The van der Waals surface area contributed by atoms with Crippen molar-refractivity contribution in [3.63, 3.8) is 0 Å². The molecule has 0 spiro atoms. The number of quaternary nitrogens is 1. The highest BCUT2D eigenvalue weighted by Gasteiger charge is 2.17. The van der Waals surface area contributed by atoms with Gasteiger partial charge in [0.25, 0.3) is 0 Å². The Morgan fingerprint density at radius 3 is 2.25 bits per heavy atom. The second kappa shape index (κ2) is 8.37. The summed E-state index contributed by atoms with van der Waals surface area (Å²) in [7, 11) is 2.15. The topological polar surface area (TPSA) is 40.3 Å². The lowest BCUT2D eigenvalue weighted by atomic mass is 10.2. The van der Waals surface area contributed by atoms with Gasteiger partial charge < -0.3 is 9.32 Å². The summed E-state index contributed by atoms with van der Waals surface area (Å²) < 4.78 is 10.3. The highest BCUT2D eigenvalue weighted by Crippen LogP contribution is 2.20. The van der Waals surface area contributed by atoms with Gasteiger partial charge in [-0.15, -0.1) is 5.10 Å². The molecule has 1 atom stereocenters. The molecule has 28 heavy (non-hydrogen) atoms. The van der Waals surface area contributed by atoms with Crippen LogP contribution in [0.3, 0.4) is 0 Å². The first kappa shape index (κ1) is 18.4. The fraction of sp³-hybridized carbons (Fsp3) is 0.182. The molecule has 4 aromatic rings. The lowest BCUT2D eigenvalue weighted by Crippen LogP contribution is -3.07. The molecule has 0 aliphatic heterocycles. The number of hydrogen-bond acceptors (Lipinski definition) is 3. The summed E-state index contributed by atoms with van der Waals surface area (Å²) in [6, 6.07) is 24.5. The molecule has 1 N–H and O–H groups in total. The highest BCUT2D eigenvalue weighted by atomic mass is 32.1. The number of hydrogen-bond donors (Lipinski definition) is 1. The lowest BCUT2D eigenvalue weighted by Gasteiger charge is -2.13. The maximum atomic E-state index is 5.78. The van der Waals surface area contributed by atoms with Gasteiger partial charge in [0.2, 0.25) is 4.77 Å². The van der Waals surface area contributed by atoms with Crippen LogP contribution in [0.2, 0.25) is 0 Å². The maximum absolute atomic E-state index is 5.78. The van der Waals surface area contributed by atoms with Crippen LogP contribution in [0.5, 0.6) is 0 Å². The molecule has 1 unspecified atom stereocenters. The summed E-state index contributed by atoms with van der Waals surface area (Å²) >= 11 is 5.78. The van der Waals surface area contributed by atoms with E-state index in [1.807, 2.05) is 45.6 Å². The van der Waals surface area contributed by atoms with Crippen molar-refractivity contribution >= 4 is 12.2 Å². The number of nitrogens with one attached hydrogen (secondary N) is 1. The Labute approximate surface area is 169 Å². The molecule has 0 saturated carbocycles. The molecule has 142 valence electrons. The zero-order chi connectivity index (χ0) is 19.3. The van der Waals surface area contributed by atoms with Crippen LogP contribution in [0, 0.1) is 4.77 Å². The minimum Gasteiger partial charge on any atom is -0.461 e. The van der Waals surface area contributed by atoms with Gasteiger partial charge in [-0.25, -0.2) is 0 Å². The molecule has 6 heteroatoms. The third kappa shape index (κ3) is 4.13. The Bertz CT molecular complexity index is 1070. The van der Waals surface area contributed by atoms with Crippen molar-refractivity contribution in [2.45, 2.75) is 19.8 Å². The van der Waals surface area contributed by atoms with E-state index in [1.54, 1.807) is 6.26 Å². The molecule has 0 bridgehead atoms. The number of furan rings is 1. The summed E-state index contributed by atoms with van der Waals surface area (Å²) in [6.07, 6.45) is 1.66. The first-order valence-corrected chi connectivity index (χ1v) is 9.72. The van der Waals surface area contributed by atoms with Crippen LogP contribution in [0.4, 0.5) is 0 Å². The van der Waals surface area contributed by atoms with E-state index in [0.29, 0.717) is 18.0 Å². The minimum atomic E-state index is 0.660. The van der Waals surface area contributed by atoms with Crippen molar-refractivity contribution in [3.8, 4) is 11.6 Å². The number of aromatic nitrogens is 3. The smallest absolute Gasteiger partial charge is 0.203 e. The monoisotopic (exact) mass is 391 g/mol. The molecule has 0 radical (unpaired) electrons. The van der Waals surface area contributed by atoms with Crippen LogP contribution in [-0.2, 0) is 19.8 Å². The first-order chi connectivity index (χ1) is 13.7. The van der Waals surface area contributed by atoms with Crippen molar-refractivity contribution < 1.29 is 9.32 Å². The average molecular weight is 392 g/mol. The van der Waals surface area contributed by atoms with Gasteiger partial charge in [-0.2, -0.15) is 4.68 Å². The normalized spacial score (nSPS) is 12.2. The Morgan fingerprint density at radius 1 is 0.929 bits per heavy atom. The zero-order valence-corrected chi connectivity index (χ0v) is 16.6. The fourth-order valence-corrected chi connectivity index (χ4v) is 3.55. The minimum absolute atomic E-state index is 0.660. The Balaban J connectivity index is 1.63. The van der Waals surface area contributed by atoms with E-state index in [2.05, 4.69) is 43.4 Å². The van der Waals surface area contributed by atoms with Crippen molar-refractivity contribution in [2.75, 3.05) is 7.05 Å². The second-order valence-electron chi connectivity index (χ2n) is 6.93. The van der Waals surface area contributed by atoms with Crippen LogP contribution in [0.15, 0.2) is 83.5 Å². The zero-order valence-electron chi connectivity index (χ0n) is 15.8. The predicted molar refractivity (Wildman–Crippen MR) is 111 cm³/mol. The van der Waals surface area contributed by atoms with E-state index in [0.717, 1.165) is 18.1 Å². The van der Waals surface area contributed by atoms with Gasteiger partial charge in [0.15, 0.2) is 18.3 Å². The van der Waals surface area contributed by atoms with Crippen molar-refractivity contribution in [2.24, 2.45) is 0 Å². The second-order valence-corrected chi connectivity index (χ2v) is 7.30. The summed E-state index contributed by atoms with van der Waals surface area (Å²) in [5.74, 6) is 1.48. The summed E-state index contributed by atoms with van der Waals surface area (Å²) in [6.45, 7) is 2.25. The standard InChI is InChI=1S/C22H22N4OS/c1-24(15-18-9-4-2-5-10-18)17-26-22(28)25(16-19-11-6-3-7-12-19)21(23-26)20-13-8-14-27-20/h2-14H,15-17H2,1H3/p+1. The molecule has 0 aliphatic rings. The van der Waals surface area contributed by atoms with E-state index < -0.39 is 0 Å². The molecule has 5 nitrogen and oxygen atoms in total. The molecule has 2 heterocycles. The molecular weight excluding hydrogens is 368 g/mol. The van der Waals surface area contributed by atoms with Gasteiger partial charge in [-0.05, 0) is 29.9 Å². The fourth-order valence-electron chi connectivity index (χ4n) is 3.30. The van der Waals surface area contributed by atoms with Crippen LogP contribution in [0.1, 0.15) is 11.1 Å². The van der Waals surface area contributed by atoms with E-state index in [-0.39, 0.29) is 0 Å². The molecular formula is C22H23N4OS+. The van der Waals surface area contributed by atoms with E-state index in [1.165, 1.54) is 16.0 Å². The van der Waals surface area contributed by atoms with E-state index >= 15 is 0 Å². The highest BCUT2D eigenvalue weighted by molar-refractivity contribution is 7.71. The molecule has 0 amide bonds. The third-order valence-electron chi connectivity index (χ3n) is 4.62. The number of nitrogens with zero attached hydrogens (tertiary/aromatic N) is 3. The van der Waals surface area contributed by atoms with Crippen LogP contribution in [-0.4, -0.2) is 21.4 Å². The van der Waals surface area contributed by atoms with Gasteiger partial charge in [-0.3, -0.25) is 4.57 Å². The van der Waals surface area contributed by atoms with Gasteiger partial charge in [-0.1, -0.05) is 60.7 Å². The van der Waals surface area contributed by atoms with E-state index in [4.69, 9.17) is 21.7 Å². The van der Waals surface area contributed by atoms with Crippen LogP contribution < -0.4 is 4.90 Å². The molecule has 2 aromatic heterocycles. The molecule has 2 aromatic carbocycles. The third-order valence-corrected chi connectivity index (χ3v) is 5.05. The van der Waals surface area contributed by atoms with Crippen molar-refractivity contribution in [1.29, 1.82) is 0 Å². The molecule has 0 fully saturated rings. The molecule has 0 aliphatic carbocycles. The van der Waals surface area contributed by atoms with Crippen LogP contribution in [0.25, 0.3) is 11.6 Å². The van der Waals surface area contributed by atoms with Crippen molar-refractivity contribution in [3.05, 3.63) is 95.0 Å².